The molecule has 1 aliphatic rings. The van der Waals surface area contributed by atoms with E-state index < -0.39 is 12.2 Å². The third-order valence-electron chi connectivity index (χ3n) is 6.22. The van der Waals surface area contributed by atoms with E-state index >= 15 is 0 Å². The lowest BCUT2D eigenvalue weighted by Crippen LogP contribution is -2.23. The van der Waals surface area contributed by atoms with Crippen LogP contribution in [0.5, 0.6) is 0 Å². The summed E-state index contributed by atoms with van der Waals surface area (Å²) >= 11 is 0. The lowest BCUT2D eigenvalue weighted by Gasteiger charge is -2.16. The molecule has 0 bridgehead atoms. The van der Waals surface area contributed by atoms with Crippen molar-refractivity contribution >= 4 is 6.08 Å². The zero-order chi connectivity index (χ0) is 24.1. The number of hydrogen-bond donors (Lipinski definition) is 4. The number of aliphatic hydroxyl groups excluding tert-OH is 4. The van der Waals surface area contributed by atoms with Gasteiger partial charge in [0.1, 0.15) is 18.0 Å². The molecule has 34 heavy (non-hydrogen) atoms. The van der Waals surface area contributed by atoms with Crippen molar-refractivity contribution in [3.63, 3.8) is 0 Å². The van der Waals surface area contributed by atoms with Gasteiger partial charge in [0.05, 0.1) is 32.0 Å². The van der Waals surface area contributed by atoms with Gasteiger partial charge in [-0.05, 0) is 35.6 Å². The standard InChI is InChI=1S/C27H32N2O5/c1-18(33)27-28-12-13-29(27)23(15-30)11-4-19-2-5-20(6-3-19)21-7-9-22(10-8-21)25-14-26(25)34-24(16-31)17-32/h2-13,18,23-26,30-33H,14-17H2,1H3/b11-4+/t18-,23-,25?,26?/m0/s1. The Labute approximate surface area is 199 Å². The fourth-order valence-electron chi connectivity index (χ4n) is 4.17. The number of imidazole rings is 1. The lowest BCUT2D eigenvalue weighted by molar-refractivity contribution is -0.0305. The molecular weight excluding hydrogens is 432 g/mol. The van der Waals surface area contributed by atoms with Crippen LogP contribution in [0.15, 0.2) is 67.0 Å². The first kappa shape index (κ1) is 24.3. The van der Waals surface area contributed by atoms with Gasteiger partial charge in [0.15, 0.2) is 0 Å². The summed E-state index contributed by atoms with van der Waals surface area (Å²) in [5.41, 5.74) is 4.44. The van der Waals surface area contributed by atoms with Crippen LogP contribution >= 0.6 is 0 Å². The smallest absolute Gasteiger partial charge is 0.137 e. The Morgan fingerprint density at radius 3 is 2.24 bits per heavy atom. The van der Waals surface area contributed by atoms with E-state index in [4.69, 9.17) is 4.74 Å². The predicted octanol–water partition coefficient (Wildman–Crippen LogP) is 3.08. The van der Waals surface area contributed by atoms with Gasteiger partial charge in [-0.15, -0.1) is 0 Å². The van der Waals surface area contributed by atoms with Crippen molar-refractivity contribution in [2.45, 2.75) is 43.6 Å². The van der Waals surface area contributed by atoms with Crippen LogP contribution in [0.25, 0.3) is 17.2 Å². The molecule has 3 aromatic rings. The van der Waals surface area contributed by atoms with Gasteiger partial charge in [0.2, 0.25) is 0 Å². The summed E-state index contributed by atoms with van der Waals surface area (Å²) in [5.74, 6) is 0.833. The van der Waals surface area contributed by atoms with Gasteiger partial charge in [0.25, 0.3) is 0 Å². The Morgan fingerprint density at radius 1 is 1.00 bits per heavy atom. The molecule has 7 heteroatoms. The molecule has 0 aliphatic heterocycles. The molecule has 2 aromatic carbocycles. The molecule has 1 heterocycles. The first-order valence-corrected chi connectivity index (χ1v) is 11.6. The van der Waals surface area contributed by atoms with Crippen molar-refractivity contribution in [2.24, 2.45) is 0 Å². The quantitative estimate of drug-likeness (QED) is 0.347. The Morgan fingerprint density at radius 2 is 1.65 bits per heavy atom. The van der Waals surface area contributed by atoms with Crippen LogP contribution in [-0.4, -0.2) is 62.0 Å². The molecule has 0 amide bonds. The second-order valence-electron chi connectivity index (χ2n) is 8.73. The fraction of sp³-hybridized carbons (Fsp3) is 0.370. The first-order valence-electron chi connectivity index (χ1n) is 11.6. The molecule has 1 saturated carbocycles. The third kappa shape index (κ3) is 5.63. The number of benzene rings is 2. The highest BCUT2D eigenvalue weighted by molar-refractivity contribution is 5.66. The Hall–Kier alpha value is -2.81. The number of aliphatic hydroxyl groups is 4. The van der Waals surface area contributed by atoms with E-state index in [2.05, 4.69) is 41.4 Å². The van der Waals surface area contributed by atoms with Gasteiger partial charge in [-0.3, -0.25) is 0 Å². The minimum absolute atomic E-state index is 0.0583. The highest BCUT2D eigenvalue weighted by Gasteiger charge is 2.40. The molecule has 4 N–H and O–H groups in total. The van der Waals surface area contributed by atoms with Crippen molar-refractivity contribution in [3.8, 4) is 11.1 Å². The van der Waals surface area contributed by atoms with E-state index in [1.54, 1.807) is 23.9 Å². The van der Waals surface area contributed by atoms with Crippen molar-refractivity contribution < 1.29 is 25.2 Å². The second kappa shape index (κ2) is 11.1. The van der Waals surface area contributed by atoms with Crippen molar-refractivity contribution in [3.05, 3.63) is 84.0 Å². The van der Waals surface area contributed by atoms with Crippen LogP contribution in [-0.2, 0) is 4.74 Å². The molecule has 7 nitrogen and oxygen atoms in total. The Bertz CT molecular complexity index is 1070. The summed E-state index contributed by atoms with van der Waals surface area (Å²) in [7, 11) is 0. The maximum Gasteiger partial charge on any atom is 0.137 e. The maximum atomic E-state index is 9.87. The van der Waals surface area contributed by atoms with Crippen molar-refractivity contribution in [1.82, 2.24) is 9.55 Å². The average Bonchev–Trinajstić information content (AvgIpc) is 3.46. The normalized spacial score (nSPS) is 19.6. The largest absolute Gasteiger partial charge is 0.394 e. The van der Waals surface area contributed by atoms with Crippen LogP contribution in [0.3, 0.4) is 0 Å². The monoisotopic (exact) mass is 464 g/mol. The van der Waals surface area contributed by atoms with Gasteiger partial charge in [-0.2, -0.15) is 0 Å². The molecule has 4 atom stereocenters. The van der Waals surface area contributed by atoms with Crippen LogP contribution in [0.1, 0.15) is 48.4 Å². The summed E-state index contributed by atoms with van der Waals surface area (Å²) in [4.78, 5) is 4.17. The fourth-order valence-corrected chi connectivity index (χ4v) is 4.17. The number of rotatable bonds is 11. The molecule has 0 radical (unpaired) electrons. The molecule has 1 fully saturated rings. The van der Waals surface area contributed by atoms with E-state index in [0.29, 0.717) is 11.7 Å². The van der Waals surface area contributed by atoms with Gasteiger partial charge >= 0.3 is 0 Å². The van der Waals surface area contributed by atoms with Crippen molar-refractivity contribution in [2.75, 3.05) is 19.8 Å². The van der Waals surface area contributed by atoms with Crippen LogP contribution in [0.2, 0.25) is 0 Å². The molecule has 1 aromatic heterocycles. The second-order valence-corrected chi connectivity index (χ2v) is 8.73. The van der Waals surface area contributed by atoms with Crippen molar-refractivity contribution in [1.29, 1.82) is 0 Å². The highest BCUT2D eigenvalue weighted by atomic mass is 16.5. The maximum absolute atomic E-state index is 9.87. The molecule has 2 unspecified atom stereocenters. The van der Waals surface area contributed by atoms with Crippen LogP contribution in [0.4, 0.5) is 0 Å². The lowest BCUT2D eigenvalue weighted by atomic mass is 10.0. The minimum atomic E-state index is -0.709. The number of aromatic nitrogens is 2. The molecule has 0 spiro atoms. The zero-order valence-electron chi connectivity index (χ0n) is 19.2. The summed E-state index contributed by atoms with van der Waals surface area (Å²) in [6.07, 6.45) is 6.99. The molecule has 1 aliphatic carbocycles. The molecule has 4 rings (SSSR count). The first-order chi connectivity index (χ1) is 16.5. The molecule has 0 saturated heterocycles. The summed E-state index contributed by atoms with van der Waals surface area (Å²) < 4.78 is 7.48. The SMILES string of the molecule is C[C@H](O)c1nccn1[C@@H](/C=C/c1ccc(-c2ccc(C3CC3OC(CO)CO)cc2)cc1)CO. The summed E-state index contributed by atoms with van der Waals surface area (Å²) in [6.45, 7) is 1.22. The van der Waals surface area contributed by atoms with Gasteiger partial charge in [-0.25, -0.2) is 4.98 Å². The van der Waals surface area contributed by atoms with E-state index in [9.17, 15) is 20.4 Å². The van der Waals surface area contributed by atoms with E-state index in [1.807, 2.05) is 24.3 Å². The van der Waals surface area contributed by atoms with Gasteiger partial charge in [-0.1, -0.05) is 60.7 Å². The Kier molecular flexibility index (Phi) is 7.92. The average molecular weight is 465 g/mol. The Balaban J connectivity index is 1.38. The summed E-state index contributed by atoms with van der Waals surface area (Å²) in [6, 6.07) is 16.3. The topological polar surface area (TPSA) is 108 Å². The van der Waals surface area contributed by atoms with Crippen LogP contribution < -0.4 is 0 Å². The van der Waals surface area contributed by atoms with Crippen LogP contribution in [0, 0.1) is 0 Å². The van der Waals surface area contributed by atoms with E-state index in [-0.39, 0.29) is 32.0 Å². The molecule has 180 valence electrons. The number of ether oxygens (including phenoxy) is 1. The minimum Gasteiger partial charge on any atom is -0.394 e. The van der Waals surface area contributed by atoms with Gasteiger partial charge < -0.3 is 29.7 Å². The number of hydrogen-bond acceptors (Lipinski definition) is 6. The highest BCUT2D eigenvalue weighted by Crippen LogP contribution is 2.44. The molecular formula is C27H32N2O5. The summed E-state index contributed by atoms with van der Waals surface area (Å²) in [5, 5.41) is 38.0. The third-order valence-corrected chi connectivity index (χ3v) is 6.22. The zero-order valence-corrected chi connectivity index (χ0v) is 19.2. The number of nitrogens with zero attached hydrogens (tertiary/aromatic N) is 2. The van der Waals surface area contributed by atoms with E-state index in [0.717, 1.165) is 23.1 Å². The predicted molar refractivity (Wildman–Crippen MR) is 130 cm³/mol. The van der Waals surface area contributed by atoms with E-state index in [1.165, 1.54) is 5.56 Å². The van der Waals surface area contributed by atoms with Gasteiger partial charge in [0, 0.05) is 18.3 Å².